The summed E-state index contributed by atoms with van der Waals surface area (Å²) in [6, 6.07) is 17.0. The average Bonchev–Trinajstić information content (AvgIpc) is 2.92. The molecule has 3 aromatic rings. The van der Waals surface area contributed by atoms with Crippen molar-refractivity contribution in [1.29, 1.82) is 5.26 Å². The van der Waals surface area contributed by atoms with Gasteiger partial charge in [0.05, 0.1) is 22.8 Å². The first-order valence-electron chi connectivity index (χ1n) is 11.7. The van der Waals surface area contributed by atoms with Gasteiger partial charge in [0, 0.05) is 18.7 Å². The Kier molecular flexibility index (Phi) is 8.73. The first-order chi connectivity index (χ1) is 19.2. The van der Waals surface area contributed by atoms with Crippen LogP contribution in [0.25, 0.3) is 0 Å². The Balaban J connectivity index is 1.46. The molecule has 0 atom stereocenters. The van der Waals surface area contributed by atoms with Crippen molar-refractivity contribution < 1.29 is 29.0 Å². The molecular weight excluding hydrogens is 561 g/mol. The molecule has 0 aliphatic carbocycles. The molecule has 0 saturated heterocycles. The Labute approximate surface area is 238 Å². The zero-order valence-corrected chi connectivity index (χ0v) is 22.4. The number of imide groups is 1. The van der Waals surface area contributed by atoms with E-state index in [1.807, 2.05) is 24.3 Å². The van der Waals surface area contributed by atoms with Gasteiger partial charge in [-0.05, 0) is 60.0 Å². The van der Waals surface area contributed by atoms with E-state index in [0.717, 1.165) is 16.9 Å². The number of carbonyl (C=O) groups is 3. The zero-order chi connectivity index (χ0) is 28.8. The van der Waals surface area contributed by atoms with Crippen molar-refractivity contribution in [3.63, 3.8) is 0 Å². The minimum atomic E-state index is -1.63. The SMILES string of the molecule is COc1cccc(CN2CCc3cc(Oc4c(Cl)cc(NN=C(C#N)C(=O)NC(=O)O)cc4Cl)ccc3C2=O)c1. The van der Waals surface area contributed by atoms with Crippen LogP contribution in [0.4, 0.5) is 10.5 Å². The summed E-state index contributed by atoms with van der Waals surface area (Å²) in [4.78, 5) is 37.2. The largest absolute Gasteiger partial charge is 0.497 e. The molecule has 1 aliphatic heterocycles. The van der Waals surface area contributed by atoms with Crippen LogP contribution >= 0.6 is 23.2 Å². The lowest BCUT2D eigenvalue weighted by molar-refractivity contribution is -0.114. The van der Waals surface area contributed by atoms with E-state index < -0.39 is 17.7 Å². The minimum absolute atomic E-state index is 0.0866. The molecule has 0 spiro atoms. The molecule has 3 amide bonds. The number of nitrogens with zero attached hydrogens (tertiary/aromatic N) is 3. The van der Waals surface area contributed by atoms with Crippen molar-refractivity contribution in [2.45, 2.75) is 13.0 Å². The fourth-order valence-electron chi connectivity index (χ4n) is 3.96. The number of carbonyl (C=O) groups excluding carboxylic acids is 2. The number of hydrazone groups is 1. The number of hydrogen-bond donors (Lipinski definition) is 3. The molecule has 0 bridgehead atoms. The topological polar surface area (TPSA) is 153 Å². The third-order valence-electron chi connectivity index (χ3n) is 5.81. The van der Waals surface area contributed by atoms with E-state index in [1.165, 1.54) is 23.5 Å². The molecule has 1 aliphatic rings. The fraction of sp³-hybridized carbons (Fsp3) is 0.148. The van der Waals surface area contributed by atoms with Gasteiger partial charge in [0.2, 0.25) is 5.71 Å². The Morgan fingerprint density at radius 3 is 2.55 bits per heavy atom. The molecule has 0 saturated carbocycles. The standard InChI is InChI=1S/C27H21Cl2N5O6/c1-39-18-4-2-3-15(9-18)14-34-8-7-16-10-19(5-6-20(16)26(34)36)40-24-21(28)11-17(12-22(24)29)32-33-23(13-30)25(35)31-27(37)38/h2-6,9-12,32H,7-8,14H2,1H3,(H,31,35)(H,37,38). The Hall–Kier alpha value is -4.79. The molecule has 11 nitrogen and oxygen atoms in total. The van der Waals surface area contributed by atoms with Gasteiger partial charge in [-0.15, -0.1) is 0 Å². The lowest BCUT2D eigenvalue weighted by Gasteiger charge is -2.29. The van der Waals surface area contributed by atoms with Crippen LogP contribution in [0.15, 0.2) is 59.7 Å². The smallest absolute Gasteiger partial charge is 0.411 e. The number of rotatable bonds is 8. The number of nitriles is 1. The molecule has 0 unspecified atom stereocenters. The monoisotopic (exact) mass is 581 g/mol. The van der Waals surface area contributed by atoms with Crippen molar-refractivity contribution >= 4 is 52.5 Å². The maximum atomic E-state index is 13.1. The van der Waals surface area contributed by atoms with Crippen molar-refractivity contribution in [2.75, 3.05) is 19.1 Å². The summed E-state index contributed by atoms with van der Waals surface area (Å²) in [6.45, 7) is 0.994. The highest BCUT2D eigenvalue weighted by Crippen LogP contribution is 2.39. The molecule has 3 aromatic carbocycles. The van der Waals surface area contributed by atoms with E-state index in [1.54, 1.807) is 30.2 Å². The number of nitrogens with one attached hydrogen (secondary N) is 2. The van der Waals surface area contributed by atoms with E-state index >= 15 is 0 Å². The quantitative estimate of drug-likeness (QED) is 0.246. The number of anilines is 1. The van der Waals surface area contributed by atoms with Crippen LogP contribution in [-0.2, 0) is 17.8 Å². The summed E-state index contributed by atoms with van der Waals surface area (Å²) >= 11 is 12.7. The van der Waals surface area contributed by atoms with E-state index in [2.05, 4.69) is 10.5 Å². The fourth-order valence-corrected chi connectivity index (χ4v) is 4.53. The molecule has 1 heterocycles. The van der Waals surface area contributed by atoms with Crippen LogP contribution in [0, 0.1) is 11.3 Å². The van der Waals surface area contributed by atoms with E-state index in [9.17, 15) is 14.4 Å². The molecule has 204 valence electrons. The van der Waals surface area contributed by atoms with Crippen molar-refractivity contribution in [3.05, 3.63) is 81.3 Å². The number of fused-ring (bicyclic) bond motifs is 1. The predicted octanol–water partition coefficient (Wildman–Crippen LogP) is 5.08. The van der Waals surface area contributed by atoms with Gasteiger partial charge >= 0.3 is 6.09 Å². The van der Waals surface area contributed by atoms with Gasteiger partial charge in [-0.25, -0.2) is 4.79 Å². The third kappa shape index (κ3) is 6.61. The number of halogens is 2. The highest BCUT2D eigenvalue weighted by atomic mass is 35.5. The molecule has 0 radical (unpaired) electrons. The number of hydrogen-bond acceptors (Lipinski definition) is 8. The van der Waals surface area contributed by atoms with Crippen LogP contribution in [-0.4, -0.2) is 47.3 Å². The first-order valence-corrected chi connectivity index (χ1v) is 12.4. The summed E-state index contributed by atoms with van der Waals surface area (Å²) in [5.41, 5.74) is 4.30. The predicted molar refractivity (Wildman–Crippen MR) is 147 cm³/mol. The molecule has 40 heavy (non-hydrogen) atoms. The molecule has 13 heteroatoms. The van der Waals surface area contributed by atoms with Gasteiger partial charge in [0.1, 0.15) is 17.6 Å². The number of benzene rings is 3. The zero-order valence-electron chi connectivity index (χ0n) is 20.9. The van der Waals surface area contributed by atoms with Crippen LogP contribution in [0.1, 0.15) is 21.5 Å². The maximum Gasteiger partial charge on any atom is 0.411 e. The van der Waals surface area contributed by atoms with Gasteiger partial charge in [-0.3, -0.25) is 20.3 Å². The maximum absolute atomic E-state index is 13.1. The van der Waals surface area contributed by atoms with E-state index in [0.29, 0.717) is 30.8 Å². The van der Waals surface area contributed by atoms with Crippen LogP contribution < -0.4 is 20.2 Å². The molecule has 0 aromatic heterocycles. The van der Waals surface area contributed by atoms with Gasteiger partial charge in [-0.1, -0.05) is 35.3 Å². The van der Waals surface area contributed by atoms with Crippen molar-refractivity contribution in [2.24, 2.45) is 5.10 Å². The summed E-state index contributed by atoms with van der Waals surface area (Å²) in [7, 11) is 1.60. The van der Waals surface area contributed by atoms with Gasteiger partial charge in [0.25, 0.3) is 11.8 Å². The number of carboxylic acid groups (broad SMARTS) is 1. The number of methoxy groups -OCH3 is 1. The van der Waals surface area contributed by atoms with Crippen molar-refractivity contribution in [1.82, 2.24) is 10.2 Å². The normalized spacial score (nSPS) is 12.7. The Morgan fingerprint density at radius 2 is 1.88 bits per heavy atom. The Morgan fingerprint density at radius 1 is 1.12 bits per heavy atom. The molecular formula is C27H21Cl2N5O6. The van der Waals surface area contributed by atoms with Gasteiger partial charge < -0.3 is 19.5 Å². The summed E-state index contributed by atoms with van der Waals surface area (Å²) in [5, 5.41) is 22.9. The minimum Gasteiger partial charge on any atom is -0.497 e. The summed E-state index contributed by atoms with van der Waals surface area (Å²) in [6.07, 6.45) is -1.00. The van der Waals surface area contributed by atoms with Crippen LogP contribution in [0.3, 0.4) is 0 Å². The second-order valence-electron chi connectivity index (χ2n) is 8.46. The van der Waals surface area contributed by atoms with Crippen LogP contribution in [0.5, 0.6) is 17.2 Å². The van der Waals surface area contributed by atoms with Gasteiger partial charge in [-0.2, -0.15) is 10.4 Å². The second kappa shape index (κ2) is 12.4. The molecule has 0 fully saturated rings. The second-order valence-corrected chi connectivity index (χ2v) is 9.28. The summed E-state index contributed by atoms with van der Waals surface area (Å²) < 4.78 is 11.2. The molecule has 4 rings (SSSR count). The van der Waals surface area contributed by atoms with E-state index in [-0.39, 0.29) is 27.4 Å². The average molecular weight is 582 g/mol. The van der Waals surface area contributed by atoms with Crippen LogP contribution in [0.2, 0.25) is 10.0 Å². The Bertz CT molecular complexity index is 1550. The number of ether oxygens (including phenoxy) is 2. The third-order valence-corrected chi connectivity index (χ3v) is 6.37. The first kappa shape index (κ1) is 28.2. The highest BCUT2D eigenvalue weighted by molar-refractivity contribution is 6.46. The lowest BCUT2D eigenvalue weighted by Crippen LogP contribution is -2.37. The van der Waals surface area contributed by atoms with Crippen molar-refractivity contribution in [3.8, 4) is 23.3 Å². The molecule has 3 N–H and O–H groups in total. The van der Waals surface area contributed by atoms with E-state index in [4.69, 9.17) is 43.0 Å². The highest BCUT2D eigenvalue weighted by Gasteiger charge is 2.25. The van der Waals surface area contributed by atoms with Gasteiger partial charge in [0.15, 0.2) is 5.75 Å². The number of amides is 3. The summed E-state index contributed by atoms with van der Waals surface area (Å²) in [5.74, 6) is 0.00892. The lowest BCUT2D eigenvalue weighted by atomic mass is 9.98.